The first kappa shape index (κ1) is 8.63. The van der Waals surface area contributed by atoms with Gasteiger partial charge in [0.25, 0.3) is 0 Å². The largest absolute Gasteiger partial charge is 0.378 e. The normalized spacial score (nSPS) is 26.4. The van der Waals surface area contributed by atoms with Crippen molar-refractivity contribution in [3.05, 3.63) is 12.3 Å². The predicted octanol–water partition coefficient (Wildman–Crippen LogP) is 2.50. The van der Waals surface area contributed by atoms with Gasteiger partial charge in [0.15, 0.2) is 0 Å². The standard InChI is InChI=1S/C10H19N/c1-8(2)10-6-5-9(3)11(4)7-10/h8,10H,3,5-7H2,1-2,4H3/t10-/m1/s1. The van der Waals surface area contributed by atoms with Gasteiger partial charge in [0.1, 0.15) is 0 Å². The molecule has 11 heavy (non-hydrogen) atoms. The van der Waals surface area contributed by atoms with Crippen LogP contribution in [0.2, 0.25) is 0 Å². The molecule has 0 bridgehead atoms. The molecule has 1 nitrogen and oxygen atoms in total. The number of likely N-dealkylation sites (tertiary alicyclic amines) is 1. The van der Waals surface area contributed by atoms with Gasteiger partial charge in [-0.3, -0.25) is 0 Å². The van der Waals surface area contributed by atoms with E-state index in [0.717, 1.165) is 11.8 Å². The Kier molecular flexibility index (Phi) is 2.58. The number of allylic oxidation sites excluding steroid dienone is 1. The summed E-state index contributed by atoms with van der Waals surface area (Å²) in [4.78, 5) is 2.30. The summed E-state index contributed by atoms with van der Waals surface area (Å²) in [5, 5.41) is 0. The molecule has 1 aliphatic rings. The highest BCUT2D eigenvalue weighted by Gasteiger charge is 2.21. The van der Waals surface area contributed by atoms with Crippen LogP contribution in [-0.4, -0.2) is 18.5 Å². The topological polar surface area (TPSA) is 3.24 Å². The van der Waals surface area contributed by atoms with Gasteiger partial charge in [0, 0.05) is 19.3 Å². The van der Waals surface area contributed by atoms with Crippen molar-refractivity contribution < 1.29 is 0 Å². The van der Waals surface area contributed by atoms with Gasteiger partial charge in [-0.05, 0) is 24.7 Å². The summed E-state index contributed by atoms with van der Waals surface area (Å²) in [7, 11) is 2.15. The number of nitrogens with zero attached hydrogens (tertiary/aromatic N) is 1. The van der Waals surface area contributed by atoms with Crippen molar-refractivity contribution in [3.63, 3.8) is 0 Å². The van der Waals surface area contributed by atoms with Crippen LogP contribution in [0.4, 0.5) is 0 Å². The van der Waals surface area contributed by atoms with Crippen LogP contribution in [0.5, 0.6) is 0 Å². The van der Waals surface area contributed by atoms with Crippen LogP contribution >= 0.6 is 0 Å². The Morgan fingerprint density at radius 2 is 2.18 bits per heavy atom. The van der Waals surface area contributed by atoms with Crippen molar-refractivity contribution >= 4 is 0 Å². The molecule has 1 fully saturated rings. The molecule has 1 heteroatoms. The molecule has 1 rings (SSSR count). The van der Waals surface area contributed by atoms with Gasteiger partial charge in [0.05, 0.1) is 0 Å². The van der Waals surface area contributed by atoms with E-state index in [-0.39, 0.29) is 0 Å². The van der Waals surface area contributed by atoms with Crippen molar-refractivity contribution in [3.8, 4) is 0 Å². The van der Waals surface area contributed by atoms with E-state index in [1.165, 1.54) is 25.1 Å². The maximum Gasteiger partial charge on any atom is 0.0202 e. The van der Waals surface area contributed by atoms with Crippen LogP contribution in [0.25, 0.3) is 0 Å². The molecule has 0 amide bonds. The van der Waals surface area contributed by atoms with E-state index in [4.69, 9.17) is 0 Å². The lowest BCUT2D eigenvalue weighted by Gasteiger charge is -2.35. The van der Waals surface area contributed by atoms with Crippen LogP contribution in [0.1, 0.15) is 26.7 Å². The first-order valence-electron chi connectivity index (χ1n) is 4.50. The van der Waals surface area contributed by atoms with Crippen molar-refractivity contribution in [2.75, 3.05) is 13.6 Å². The summed E-state index contributed by atoms with van der Waals surface area (Å²) < 4.78 is 0. The Bertz CT molecular complexity index is 149. The van der Waals surface area contributed by atoms with Crippen molar-refractivity contribution in [1.82, 2.24) is 4.90 Å². The minimum absolute atomic E-state index is 0.825. The SMILES string of the molecule is C=C1CC[C@@H](C(C)C)CN1C. The second kappa shape index (κ2) is 3.29. The zero-order chi connectivity index (χ0) is 8.43. The smallest absolute Gasteiger partial charge is 0.0202 e. The molecule has 0 spiro atoms. The van der Waals surface area contributed by atoms with E-state index < -0.39 is 0 Å². The minimum Gasteiger partial charge on any atom is -0.378 e. The van der Waals surface area contributed by atoms with Gasteiger partial charge in [-0.15, -0.1) is 0 Å². The van der Waals surface area contributed by atoms with Gasteiger partial charge >= 0.3 is 0 Å². The van der Waals surface area contributed by atoms with Crippen LogP contribution in [0.3, 0.4) is 0 Å². The van der Waals surface area contributed by atoms with E-state index in [0.29, 0.717) is 0 Å². The monoisotopic (exact) mass is 153 g/mol. The van der Waals surface area contributed by atoms with E-state index in [1.54, 1.807) is 0 Å². The van der Waals surface area contributed by atoms with Crippen molar-refractivity contribution in [2.24, 2.45) is 11.8 Å². The highest BCUT2D eigenvalue weighted by molar-refractivity contribution is 4.97. The summed E-state index contributed by atoms with van der Waals surface area (Å²) in [6, 6.07) is 0. The zero-order valence-corrected chi connectivity index (χ0v) is 7.93. The van der Waals surface area contributed by atoms with Gasteiger partial charge in [-0.1, -0.05) is 20.4 Å². The Morgan fingerprint density at radius 3 is 2.64 bits per heavy atom. The molecule has 0 unspecified atom stereocenters. The van der Waals surface area contributed by atoms with E-state index >= 15 is 0 Å². The average molecular weight is 153 g/mol. The predicted molar refractivity (Wildman–Crippen MR) is 49.3 cm³/mol. The quantitative estimate of drug-likeness (QED) is 0.559. The Balaban J connectivity index is 2.46. The molecule has 0 aromatic rings. The summed E-state index contributed by atoms with van der Waals surface area (Å²) in [5.41, 5.74) is 1.31. The third kappa shape index (κ3) is 1.98. The van der Waals surface area contributed by atoms with Gasteiger partial charge in [0.2, 0.25) is 0 Å². The maximum atomic E-state index is 4.01. The Morgan fingerprint density at radius 1 is 1.55 bits per heavy atom. The summed E-state index contributed by atoms with van der Waals surface area (Å²) in [6.45, 7) is 9.84. The molecule has 1 heterocycles. The van der Waals surface area contributed by atoms with Gasteiger partial charge in [-0.25, -0.2) is 0 Å². The van der Waals surface area contributed by atoms with Crippen molar-refractivity contribution in [2.45, 2.75) is 26.7 Å². The maximum absolute atomic E-state index is 4.01. The van der Waals surface area contributed by atoms with Crippen LogP contribution in [0, 0.1) is 11.8 Å². The second-order valence-electron chi connectivity index (χ2n) is 3.99. The molecule has 0 N–H and O–H groups in total. The summed E-state index contributed by atoms with van der Waals surface area (Å²) >= 11 is 0. The fraction of sp³-hybridized carbons (Fsp3) is 0.800. The van der Waals surface area contributed by atoms with E-state index in [1.807, 2.05) is 0 Å². The summed E-state index contributed by atoms with van der Waals surface area (Å²) in [6.07, 6.45) is 2.53. The number of piperidine rings is 1. The molecule has 0 aliphatic carbocycles. The molecule has 0 radical (unpaired) electrons. The molecule has 0 aromatic carbocycles. The van der Waals surface area contributed by atoms with Crippen LogP contribution < -0.4 is 0 Å². The molecule has 1 atom stereocenters. The average Bonchev–Trinajstić information content (AvgIpc) is 1.94. The third-order valence-corrected chi connectivity index (χ3v) is 2.79. The summed E-state index contributed by atoms with van der Waals surface area (Å²) in [5.74, 6) is 1.70. The molecule has 64 valence electrons. The van der Waals surface area contributed by atoms with E-state index in [9.17, 15) is 0 Å². The minimum atomic E-state index is 0.825. The number of hydrogen-bond donors (Lipinski definition) is 0. The Labute approximate surface area is 70.1 Å². The molecule has 1 saturated heterocycles. The first-order valence-corrected chi connectivity index (χ1v) is 4.50. The fourth-order valence-corrected chi connectivity index (χ4v) is 1.66. The van der Waals surface area contributed by atoms with Crippen LogP contribution in [-0.2, 0) is 0 Å². The lowest BCUT2D eigenvalue weighted by Crippen LogP contribution is -2.32. The lowest BCUT2D eigenvalue weighted by atomic mass is 9.87. The molecule has 0 saturated carbocycles. The molecule has 1 aliphatic heterocycles. The molecular weight excluding hydrogens is 134 g/mol. The molecule has 0 aromatic heterocycles. The van der Waals surface area contributed by atoms with Gasteiger partial charge < -0.3 is 4.90 Å². The highest BCUT2D eigenvalue weighted by Crippen LogP contribution is 2.27. The molecular formula is C10H19N. The Hall–Kier alpha value is -0.460. The zero-order valence-electron chi connectivity index (χ0n) is 7.93. The number of hydrogen-bond acceptors (Lipinski definition) is 1. The van der Waals surface area contributed by atoms with E-state index in [2.05, 4.69) is 32.4 Å². The van der Waals surface area contributed by atoms with Crippen molar-refractivity contribution in [1.29, 1.82) is 0 Å². The highest BCUT2D eigenvalue weighted by atomic mass is 15.1. The second-order valence-corrected chi connectivity index (χ2v) is 3.99. The first-order chi connectivity index (χ1) is 5.11. The van der Waals surface area contributed by atoms with Gasteiger partial charge in [-0.2, -0.15) is 0 Å². The lowest BCUT2D eigenvalue weighted by molar-refractivity contribution is 0.216. The number of rotatable bonds is 1. The van der Waals surface area contributed by atoms with Crippen LogP contribution in [0.15, 0.2) is 12.3 Å². The third-order valence-electron chi connectivity index (χ3n) is 2.79. The fourth-order valence-electron chi connectivity index (χ4n) is 1.66.